The Morgan fingerprint density at radius 1 is 1.31 bits per heavy atom. The lowest BCUT2D eigenvalue weighted by Crippen LogP contribution is -1.93. The Kier molecular flexibility index (Phi) is 4.03. The third kappa shape index (κ3) is 3.07. The van der Waals surface area contributed by atoms with Gasteiger partial charge in [-0.15, -0.1) is 0 Å². The number of aliphatic imine (C=N–C) groups is 1. The minimum atomic E-state index is -0.453. The number of hydrogen-bond donors (Lipinski definition) is 0. The van der Waals surface area contributed by atoms with Gasteiger partial charge in [-0.3, -0.25) is 0 Å². The SMILES string of the molecule is COC(=O)C=C=Nc1c(C)cc(C)cc1C. The molecule has 0 aliphatic rings. The van der Waals surface area contributed by atoms with Crippen LogP contribution >= 0.6 is 0 Å². The molecule has 0 saturated heterocycles. The lowest BCUT2D eigenvalue weighted by molar-refractivity contribution is -0.134. The largest absolute Gasteiger partial charge is 0.465 e. The average molecular weight is 217 g/mol. The van der Waals surface area contributed by atoms with Crippen LogP contribution in [0.1, 0.15) is 16.7 Å². The Labute approximate surface area is 95.5 Å². The molecule has 0 bridgehead atoms. The standard InChI is InChI=1S/C13H15NO2/c1-9-7-10(2)13(11(3)8-9)14-6-5-12(15)16-4/h5,7-8H,1-4H3. The van der Waals surface area contributed by atoms with Crippen molar-refractivity contribution in [3.8, 4) is 0 Å². The van der Waals surface area contributed by atoms with E-state index in [4.69, 9.17) is 0 Å². The van der Waals surface area contributed by atoms with Gasteiger partial charge in [-0.2, -0.15) is 0 Å². The molecule has 0 amide bonds. The van der Waals surface area contributed by atoms with Crippen LogP contribution in [0.4, 0.5) is 5.69 Å². The molecule has 0 atom stereocenters. The van der Waals surface area contributed by atoms with E-state index in [9.17, 15) is 4.79 Å². The van der Waals surface area contributed by atoms with Crippen LogP contribution in [-0.2, 0) is 9.53 Å². The summed E-state index contributed by atoms with van der Waals surface area (Å²) in [6.07, 6.45) is 1.18. The van der Waals surface area contributed by atoms with Gasteiger partial charge >= 0.3 is 5.97 Å². The molecule has 1 aromatic carbocycles. The molecule has 0 N–H and O–H groups in total. The first-order valence-corrected chi connectivity index (χ1v) is 5.00. The lowest BCUT2D eigenvalue weighted by Gasteiger charge is -2.04. The summed E-state index contributed by atoms with van der Waals surface area (Å²) < 4.78 is 4.45. The molecule has 1 aromatic rings. The summed E-state index contributed by atoms with van der Waals surface area (Å²) in [6.45, 7) is 6.01. The van der Waals surface area contributed by atoms with Gasteiger partial charge < -0.3 is 4.74 Å². The molecule has 0 spiro atoms. The molecular weight excluding hydrogens is 202 g/mol. The van der Waals surface area contributed by atoms with Crippen LogP contribution in [-0.4, -0.2) is 18.9 Å². The van der Waals surface area contributed by atoms with Crippen molar-refractivity contribution in [2.24, 2.45) is 4.99 Å². The second-order valence-corrected chi connectivity index (χ2v) is 3.66. The van der Waals surface area contributed by atoms with E-state index in [1.807, 2.05) is 32.9 Å². The number of rotatable bonds is 2. The number of carbonyl (C=O) groups excluding carboxylic acids is 1. The average Bonchev–Trinajstić information content (AvgIpc) is 2.21. The smallest absolute Gasteiger partial charge is 0.339 e. The second kappa shape index (κ2) is 5.29. The highest BCUT2D eigenvalue weighted by Gasteiger charge is 2.00. The lowest BCUT2D eigenvalue weighted by atomic mass is 10.1. The summed E-state index contributed by atoms with van der Waals surface area (Å²) in [6, 6.07) is 4.09. The van der Waals surface area contributed by atoms with Gasteiger partial charge in [0, 0.05) is 0 Å². The van der Waals surface area contributed by atoms with Crippen molar-refractivity contribution in [2.45, 2.75) is 20.8 Å². The van der Waals surface area contributed by atoms with Gasteiger partial charge in [0.25, 0.3) is 0 Å². The first kappa shape index (κ1) is 12.2. The number of nitrogens with zero attached hydrogens (tertiary/aromatic N) is 1. The number of methoxy groups -OCH3 is 1. The molecular formula is C13H15NO2. The minimum Gasteiger partial charge on any atom is -0.465 e. The van der Waals surface area contributed by atoms with Crippen LogP contribution in [0.25, 0.3) is 0 Å². The topological polar surface area (TPSA) is 38.7 Å². The van der Waals surface area contributed by atoms with E-state index < -0.39 is 5.97 Å². The number of carbonyl (C=O) groups is 1. The van der Waals surface area contributed by atoms with Gasteiger partial charge in [-0.05, 0) is 37.8 Å². The third-order valence-electron chi connectivity index (χ3n) is 2.20. The van der Waals surface area contributed by atoms with Crippen LogP contribution in [0.2, 0.25) is 0 Å². The molecule has 0 aliphatic heterocycles. The summed E-state index contributed by atoms with van der Waals surface area (Å²) in [5.74, 6) is 2.13. The van der Waals surface area contributed by atoms with Crippen LogP contribution in [0, 0.1) is 20.8 Å². The van der Waals surface area contributed by atoms with E-state index in [1.54, 1.807) is 0 Å². The predicted molar refractivity (Wildman–Crippen MR) is 64.3 cm³/mol. The van der Waals surface area contributed by atoms with E-state index in [0.717, 1.165) is 16.8 Å². The van der Waals surface area contributed by atoms with E-state index in [2.05, 4.69) is 15.6 Å². The monoisotopic (exact) mass is 217 g/mol. The molecule has 3 heteroatoms. The Hall–Kier alpha value is -1.86. The van der Waals surface area contributed by atoms with E-state index >= 15 is 0 Å². The molecule has 3 nitrogen and oxygen atoms in total. The van der Waals surface area contributed by atoms with Gasteiger partial charge in [0.05, 0.1) is 18.9 Å². The van der Waals surface area contributed by atoms with Crippen LogP contribution in [0.3, 0.4) is 0 Å². The van der Waals surface area contributed by atoms with Crippen LogP contribution in [0.15, 0.2) is 23.2 Å². The summed E-state index contributed by atoms with van der Waals surface area (Å²) in [7, 11) is 1.32. The van der Waals surface area contributed by atoms with Crippen LogP contribution < -0.4 is 0 Å². The number of esters is 1. The fraction of sp³-hybridized carbons (Fsp3) is 0.308. The zero-order valence-electron chi connectivity index (χ0n) is 10.00. The van der Waals surface area contributed by atoms with Crippen molar-refractivity contribution in [2.75, 3.05) is 7.11 Å². The van der Waals surface area contributed by atoms with Crippen molar-refractivity contribution in [1.29, 1.82) is 0 Å². The van der Waals surface area contributed by atoms with Gasteiger partial charge in [0.2, 0.25) is 0 Å². The minimum absolute atomic E-state index is 0.453. The summed E-state index contributed by atoms with van der Waals surface area (Å²) in [5.41, 5.74) is 4.20. The van der Waals surface area contributed by atoms with Crippen molar-refractivity contribution < 1.29 is 9.53 Å². The fourth-order valence-electron chi connectivity index (χ4n) is 1.56. The maximum Gasteiger partial charge on any atom is 0.339 e. The van der Waals surface area contributed by atoms with Crippen molar-refractivity contribution in [3.05, 3.63) is 34.9 Å². The molecule has 0 heterocycles. The predicted octanol–water partition coefficient (Wildman–Crippen LogP) is 2.64. The highest BCUT2D eigenvalue weighted by Crippen LogP contribution is 2.24. The zero-order chi connectivity index (χ0) is 12.1. The second-order valence-electron chi connectivity index (χ2n) is 3.66. The molecule has 1 rings (SSSR count). The van der Waals surface area contributed by atoms with Gasteiger partial charge in [-0.1, -0.05) is 17.7 Å². The van der Waals surface area contributed by atoms with E-state index in [0.29, 0.717) is 0 Å². The fourth-order valence-corrected chi connectivity index (χ4v) is 1.56. The maximum atomic E-state index is 10.8. The molecule has 0 aromatic heterocycles. The molecule has 0 unspecified atom stereocenters. The Balaban J connectivity index is 3.07. The number of hydrogen-bond acceptors (Lipinski definition) is 3. The first-order chi connectivity index (χ1) is 7.54. The summed E-state index contributed by atoms with van der Waals surface area (Å²) >= 11 is 0. The normalized spacial score (nSPS) is 9.25. The van der Waals surface area contributed by atoms with Gasteiger partial charge in [0.1, 0.15) is 0 Å². The van der Waals surface area contributed by atoms with Gasteiger partial charge in [0.15, 0.2) is 0 Å². The Morgan fingerprint density at radius 3 is 2.38 bits per heavy atom. The number of benzene rings is 1. The molecule has 84 valence electrons. The zero-order valence-corrected chi connectivity index (χ0v) is 10.00. The molecule has 0 aliphatic carbocycles. The molecule has 0 radical (unpaired) electrons. The first-order valence-electron chi connectivity index (χ1n) is 5.00. The Morgan fingerprint density at radius 2 is 1.88 bits per heavy atom. The summed E-state index contributed by atoms with van der Waals surface area (Å²) in [4.78, 5) is 15.0. The molecule has 0 saturated carbocycles. The highest BCUT2D eigenvalue weighted by molar-refractivity contribution is 5.91. The van der Waals surface area contributed by atoms with E-state index in [-0.39, 0.29) is 0 Å². The quantitative estimate of drug-likeness (QED) is 0.434. The van der Waals surface area contributed by atoms with Crippen molar-refractivity contribution in [1.82, 2.24) is 0 Å². The van der Waals surface area contributed by atoms with E-state index in [1.165, 1.54) is 18.7 Å². The summed E-state index contributed by atoms with van der Waals surface area (Å²) in [5, 5.41) is 0. The number of aryl methyl sites for hydroxylation is 3. The van der Waals surface area contributed by atoms with Crippen LogP contribution in [0.5, 0.6) is 0 Å². The molecule has 16 heavy (non-hydrogen) atoms. The Bertz CT molecular complexity index is 446. The number of ether oxygens (including phenoxy) is 1. The molecule has 0 fully saturated rings. The third-order valence-corrected chi connectivity index (χ3v) is 2.20. The van der Waals surface area contributed by atoms with Gasteiger partial charge in [-0.25, -0.2) is 9.79 Å². The maximum absolute atomic E-state index is 10.8. The highest BCUT2D eigenvalue weighted by atomic mass is 16.5. The van der Waals surface area contributed by atoms with Crippen molar-refractivity contribution in [3.63, 3.8) is 0 Å². The van der Waals surface area contributed by atoms with Crippen molar-refractivity contribution >= 4 is 17.5 Å².